The molecule has 276 valence electrons. The molecule has 0 saturated heterocycles. The van der Waals surface area contributed by atoms with Gasteiger partial charge in [0.05, 0.1) is 11.7 Å². The van der Waals surface area contributed by atoms with Crippen molar-refractivity contribution in [2.75, 3.05) is 6.61 Å². The Morgan fingerprint density at radius 1 is 0.696 bits per heavy atom. The van der Waals surface area contributed by atoms with Gasteiger partial charge in [0.25, 0.3) is 0 Å². The standard InChI is InChI=1S/C48H41N5O3/c54-47(52-44(27-35-28-49-42-21-11-10-16-36(35)42)46-50-29-45(51-46)33-13-2-1-3-14-33)43(25-23-31-22-24-32-12-4-5-15-34(32)26-31)53-48(55)56-30-41-39-19-8-6-17-37(39)38-18-7-9-20-40(38)41/h1-22,24,26,28-29,41,43-44,49H,23,25,27,30H2,(H,50,51)(H,52,54)(H,53,55)/t43-,44-/m1/s1. The summed E-state index contributed by atoms with van der Waals surface area (Å²) >= 11 is 0. The van der Waals surface area contributed by atoms with Gasteiger partial charge < -0.3 is 25.3 Å². The minimum absolute atomic E-state index is 0.101. The number of rotatable bonds is 12. The summed E-state index contributed by atoms with van der Waals surface area (Å²) in [5.41, 5.74) is 9.44. The van der Waals surface area contributed by atoms with Crippen molar-refractivity contribution in [1.82, 2.24) is 25.6 Å². The molecule has 6 aromatic carbocycles. The molecule has 56 heavy (non-hydrogen) atoms. The Balaban J connectivity index is 0.980. The van der Waals surface area contributed by atoms with Crippen LogP contribution < -0.4 is 10.6 Å². The zero-order valence-corrected chi connectivity index (χ0v) is 30.7. The molecular weight excluding hydrogens is 695 g/mol. The first-order valence-electron chi connectivity index (χ1n) is 19.1. The van der Waals surface area contributed by atoms with E-state index in [-0.39, 0.29) is 18.4 Å². The number of carbonyl (C=O) groups excluding carboxylic acids is 2. The van der Waals surface area contributed by atoms with E-state index < -0.39 is 18.2 Å². The largest absolute Gasteiger partial charge is 0.449 e. The van der Waals surface area contributed by atoms with Gasteiger partial charge in [0, 0.05) is 41.2 Å². The van der Waals surface area contributed by atoms with Crippen LogP contribution in [-0.2, 0) is 22.4 Å². The highest BCUT2D eigenvalue weighted by molar-refractivity contribution is 5.87. The first-order chi connectivity index (χ1) is 27.6. The maximum absolute atomic E-state index is 14.5. The van der Waals surface area contributed by atoms with Gasteiger partial charge in [-0.15, -0.1) is 0 Å². The fourth-order valence-corrected chi connectivity index (χ4v) is 8.04. The average Bonchev–Trinajstić information content (AvgIpc) is 3.98. The van der Waals surface area contributed by atoms with Crippen LogP contribution in [0.3, 0.4) is 0 Å². The van der Waals surface area contributed by atoms with E-state index >= 15 is 0 Å². The summed E-state index contributed by atoms with van der Waals surface area (Å²) in [6.07, 6.45) is 4.62. The molecule has 1 aliphatic rings. The second kappa shape index (κ2) is 15.4. The Kier molecular flexibility index (Phi) is 9.59. The molecule has 0 saturated carbocycles. The topological polar surface area (TPSA) is 112 Å². The van der Waals surface area contributed by atoms with E-state index in [2.05, 4.69) is 81.3 Å². The molecule has 0 bridgehead atoms. The summed E-state index contributed by atoms with van der Waals surface area (Å²) in [4.78, 5) is 39.9. The molecule has 8 nitrogen and oxygen atoms in total. The Hall–Kier alpha value is -6.93. The van der Waals surface area contributed by atoms with Gasteiger partial charge >= 0.3 is 6.09 Å². The summed E-state index contributed by atoms with van der Waals surface area (Å²) < 4.78 is 5.95. The number of fused-ring (bicyclic) bond motifs is 5. The molecule has 8 heteroatoms. The summed E-state index contributed by atoms with van der Waals surface area (Å²) in [5, 5.41) is 9.59. The Morgan fingerprint density at radius 2 is 1.39 bits per heavy atom. The van der Waals surface area contributed by atoms with E-state index in [1.807, 2.05) is 97.3 Å². The van der Waals surface area contributed by atoms with Crippen LogP contribution in [0.15, 0.2) is 158 Å². The van der Waals surface area contributed by atoms with Crippen LogP contribution in [-0.4, -0.2) is 39.6 Å². The first-order valence-corrected chi connectivity index (χ1v) is 19.1. The molecule has 9 rings (SSSR count). The molecular formula is C48H41N5O3. The Morgan fingerprint density at radius 3 is 2.20 bits per heavy atom. The Labute approximate surface area is 325 Å². The SMILES string of the molecule is O=C(N[C@H](CCc1ccc2ccccc2c1)C(=O)N[C@H](Cc1c[nH]c2ccccc12)c1nc(-c2ccccc2)c[nH]1)OCC1c2ccccc2-c2ccccc21. The molecule has 0 aliphatic heterocycles. The number of nitrogens with zero attached hydrogens (tertiary/aromatic N) is 1. The van der Waals surface area contributed by atoms with Gasteiger partial charge in [-0.1, -0.05) is 140 Å². The number of aromatic amines is 2. The van der Waals surface area contributed by atoms with Crippen molar-refractivity contribution in [3.8, 4) is 22.4 Å². The molecule has 4 N–H and O–H groups in total. The van der Waals surface area contributed by atoms with Crippen molar-refractivity contribution in [2.45, 2.75) is 37.3 Å². The summed E-state index contributed by atoms with van der Waals surface area (Å²) in [7, 11) is 0. The number of ether oxygens (including phenoxy) is 1. The minimum atomic E-state index is -0.883. The van der Waals surface area contributed by atoms with Crippen LogP contribution in [0, 0.1) is 0 Å². The van der Waals surface area contributed by atoms with Crippen molar-refractivity contribution in [3.05, 3.63) is 186 Å². The second-order valence-corrected chi connectivity index (χ2v) is 14.4. The third-order valence-electron chi connectivity index (χ3n) is 10.9. The van der Waals surface area contributed by atoms with E-state index in [1.165, 1.54) is 0 Å². The summed E-state index contributed by atoms with van der Waals surface area (Å²) in [5.74, 6) is 0.204. The normalized spacial score (nSPS) is 13.2. The average molecular weight is 736 g/mol. The summed E-state index contributed by atoms with van der Waals surface area (Å²) in [6, 6.07) is 47.7. The van der Waals surface area contributed by atoms with E-state index in [9.17, 15) is 9.59 Å². The van der Waals surface area contributed by atoms with Crippen molar-refractivity contribution in [2.24, 2.45) is 0 Å². The van der Waals surface area contributed by atoms with Gasteiger partial charge in [0.2, 0.25) is 5.91 Å². The van der Waals surface area contributed by atoms with Gasteiger partial charge in [-0.25, -0.2) is 9.78 Å². The zero-order chi connectivity index (χ0) is 37.8. The number of amides is 2. The van der Waals surface area contributed by atoms with Crippen LogP contribution in [0.2, 0.25) is 0 Å². The predicted octanol–water partition coefficient (Wildman–Crippen LogP) is 9.65. The highest BCUT2D eigenvalue weighted by atomic mass is 16.5. The lowest BCUT2D eigenvalue weighted by Crippen LogP contribution is -2.48. The van der Waals surface area contributed by atoms with Crippen LogP contribution in [0.25, 0.3) is 44.1 Å². The maximum atomic E-state index is 14.5. The lowest BCUT2D eigenvalue weighted by Gasteiger charge is -2.23. The van der Waals surface area contributed by atoms with Crippen molar-refractivity contribution in [1.29, 1.82) is 0 Å². The molecule has 2 aromatic heterocycles. The number of nitrogens with one attached hydrogen (secondary N) is 4. The number of imidazole rings is 1. The molecule has 2 amide bonds. The molecule has 2 heterocycles. The van der Waals surface area contributed by atoms with Crippen LogP contribution in [0.1, 0.15) is 46.5 Å². The number of alkyl carbamates (subject to hydrolysis) is 1. The number of aromatic nitrogens is 3. The van der Waals surface area contributed by atoms with Gasteiger partial charge in [0.15, 0.2) is 0 Å². The fraction of sp³-hybridized carbons (Fsp3) is 0.146. The van der Waals surface area contributed by atoms with Crippen LogP contribution in [0.5, 0.6) is 0 Å². The quantitative estimate of drug-likeness (QED) is 0.100. The molecule has 0 unspecified atom stereocenters. The minimum Gasteiger partial charge on any atom is -0.449 e. The number of H-pyrrole nitrogens is 2. The monoisotopic (exact) mass is 735 g/mol. The smallest absolute Gasteiger partial charge is 0.407 e. The van der Waals surface area contributed by atoms with Crippen LogP contribution >= 0.6 is 0 Å². The lowest BCUT2D eigenvalue weighted by molar-refractivity contribution is -0.124. The number of benzene rings is 6. The van der Waals surface area contributed by atoms with Gasteiger partial charge in [-0.05, 0) is 63.1 Å². The van der Waals surface area contributed by atoms with Crippen LogP contribution in [0.4, 0.5) is 4.79 Å². The molecule has 0 spiro atoms. The van der Waals surface area contributed by atoms with E-state index in [0.717, 1.165) is 66.3 Å². The number of carbonyl (C=O) groups is 2. The zero-order valence-electron chi connectivity index (χ0n) is 30.7. The number of hydrogen-bond donors (Lipinski definition) is 4. The van der Waals surface area contributed by atoms with E-state index in [4.69, 9.17) is 9.72 Å². The van der Waals surface area contributed by atoms with Gasteiger partial charge in [-0.3, -0.25) is 4.79 Å². The lowest BCUT2D eigenvalue weighted by atomic mass is 9.98. The molecule has 0 fully saturated rings. The molecule has 8 aromatic rings. The third-order valence-corrected chi connectivity index (χ3v) is 10.9. The molecule has 0 radical (unpaired) electrons. The number of aryl methyl sites for hydroxylation is 1. The molecule has 2 atom stereocenters. The highest BCUT2D eigenvalue weighted by Crippen LogP contribution is 2.44. The van der Waals surface area contributed by atoms with Crippen molar-refractivity contribution < 1.29 is 14.3 Å². The summed E-state index contributed by atoms with van der Waals surface area (Å²) in [6.45, 7) is 0.150. The first kappa shape index (κ1) is 34.8. The Bertz CT molecular complexity index is 2620. The number of hydrogen-bond acceptors (Lipinski definition) is 4. The fourth-order valence-electron chi connectivity index (χ4n) is 8.04. The van der Waals surface area contributed by atoms with Gasteiger partial charge in [-0.2, -0.15) is 0 Å². The van der Waals surface area contributed by atoms with Crippen molar-refractivity contribution >= 4 is 33.7 Å². The van der Waals surface area contributed by atoms with Crippen molar-refractivity contribution in [3.63, 3.8) is 0 Å². The number of para-hydroxylation sites is 1. The molecule has 1 aliphatic carbocycles. The highest BCUT2D eigenvalue weighted by Gasteiger charge is 2.31. The maximum Gasteiger partial charge on any atom is 0.407 e. The second-order valence-electron chi connectivity index (χ2n) is 14.4. The third kappa shape index (κ3) is 7.17. The van der Waals surface area contributed by atoms with Gasteiger partial charge in [0.1, 0.15) is 18.5 Å². The predicted molar refractivity (Wildman–Crippen MR) is 221 cm³/mol. The van der Waals surface area contributed by atoms with E-state index in [0.29, 0.717) is 25.1 Å². The van der Waals surface area contributed by atoms with E-state index in [1.54, 1.807) is 0 Å².